The van der Waals surface area contributed by atoms with Crippen LogP contribution in [0.15, 0.2) is 118 Å². The number of esters is 1. The molecule has 0 radical (unpaired) electrons. The summed E-state index contributed by atoms with van der Waals surface area (Å²) in [5, 5.41) is 10.2. The van der Waals surface area contributed by atoms with E-state index in [9.17, 15) is 39.9 Å². The van der Waals surface area contributed by atoms with Gasteiger partial charge in [-0.15, -0.1) is 0 Å². The molecule has 1 unspecified atom stereocenters. The first-order chi connectivity index (χ1) is 31.1. The summed E-state index contributed by atoms with van der Waals surface area (Å²) in [7, 11) is -11.7. The Morgan fingerprint density at radius 3 is 1.55 bits per heavy atom. The molecule has 0 bridgehead atoms. The van der Waals surface area contributed by atoms with Gasteiger partial charge in [-0.05, 0) is 112 Å². The van der Waals surface area contributed by atoms with Crippen LogP contribution in [0.3, 0.4) is 0 Å². The molecule has 368 valence electrons. The number of Topliss-reactive ketones (excluding diaryl/α,β-unsaturated/α-hetero) is 1. The van der Waals surface area contributed by atoms with Gasteiger partial charge in [0.15, 0.2) is 5.79 Å². The molecule has 15 nitrogen and oxygen atoms in total. The number of hydrogen-bond donors (Lipinski definition) is 1. The van der Waals surface area contributed by atoms with Crippen LogP contribution >= 0.6 is 0 Å². The first kappa shape index (κ1) is 55.2. The van der Waals surface area contributed by atoms with Gasteiger partial charge in [0.2, 0.25) is 0 Å². The number of hydrogen-bond acceptors (Lipinski definition) is 15. The molecule has 2 aliphatic rings. The van der Waals surface area contributed by atoms with Gasteiger partial charge >= 0.3 is 5.97 Å². The molecular formula is C49H64O15S3. The van der Waals surface area contributed by atoms with Crippen LogP contribution in [0.25, 0.3) is 0 Å². The monoisotopic (exact) mass is 988 g/mol. The van der Waals surface area contributed by atoms with Crippen LogP contribution in [0.5, 0.6) is 0 Å². The Morgan fingerprint density at radius 1 is 0.672 bits per heavy atom. The van der Waals surface area contributed by atoms with E-state index in [2.05, 4.69) is 0 Å². The van der Waals surface area contributed by atoms with Crippen LogP contribution < -0.4 is 0 Å². The number of ether oxygens (including phenoxy) is 3. The summed E-state index contributed by atoms with van der Waals surface area (Å²) in [6, 6.07) is 28.7. The Bertz CT molecular complexity index is 2580. The Balaban J connectivity index is 0.000000221. The second-order valence-electron chi connectivity index (χ2n) is 18.0. The Labute approximate surface area is 396 Å². The second-order valence-corrected chi connectivity index (χ2v) is 22.8. The molecule has 0 amide bonds. The van der Waals surface area contributed by atoms with Crippen molar-refractivity contribution in [1.29, 1.82) is 0 Å². The van der Waals surface area contributed by atoms with Crippen molar-refractivity contribution < 1.29 is 66.7 Å². The van der Waals surface area contributed by atoms with Gasteiger partial charge in [-0.25, -0.2) is 0 Å². The summed E-state index contributed by atoms with van der Waals surface area (Å²) in [6.07, 6.45) is 2.55. The highest BCUT2D eigenvalue weighted by Gasteiger charge is 2.44. The fraction of sp³-hybridized carbons (Fsp3) is 0.469. The zero-order chi connectivity index (χ0) is 49.9. The lowest BCUT2D eigenvalue weighted by molar-refractivity contribution is -0.174. The van der Waals surface area contributed by atoms with Gasteiger partial charge in [-0.2, -0.15) is 25.3 Å². The van der Waals surface area contributed by atoms with E-state index in [-0.39, 0.29) is 21.3 Å². The molecule has 6 rings (SSSR count). The Morgan fingerprint density at radius 2 is 1.12 bits per heavy atom. The highest BCUT2D eigenvalue weighted by atomic mass is 32.2. The van der Waals surface area contributed by atoms with Gasteiger partial charge in [0.25, 0.3) is 30.4 Å². The summed E-state index contributed by atoms with van der Waals surface area (Å²) < 4.78 is 105. The van der Waals surface area contributed by atoms with Crippen molar-refractivity contribution >= 4 is 42.1 Å². The maximum atomic E-state index is 12.3. The van der Waals surface area contributed by atoms with Crippen molar-refractivity contribution in [3.05, 3.63) is 125 Å². The minimum atomic E-state index is -4.08. The molecule has 3 atom stereocenters. The molecule has 1 aliphatic carbocycles. The van der Waals surface area contributed by atoms with Crippen LogP contribution in [-0.2, 0) is 72.5 Å². The number of benzene rings is 4. The molecular weight excluding hydrogens is 925 g/mol. The van der Waals surface area contributed by atoms with E-state index >= 15 is 0 Å². The lowest BCUT2D eigenvalue weighted by atomic mass is 9.84. The third-order valence-corrected chi connectivity index (χ3v) is 15.0. The highest BCUT2D eigenvalue weighted by molar-refractivity contribution is 7.87. The lowest BCUT2D eigenvalue weighted by Crippen LogP contribution is -2.44. The molecule has 0 aromatic heterocycles. The summed E-state index contributed by atoms with van der Waals surface area (Å²) in [6.45, 7) is 15.1. The van der Waals surface area contributed by atoms with E-state index < -0.39 is 77.2 Å². The molecule has 4 aromatic carbocycles. The van der Waals surface area contributed by atoms with Crippen molar-refractivity contribution in [3.63, 3.8) is 0 Å². The molecule has 1 aliphatic heterocycles. The molecule has 67 heavy (non-hydrogen) atoms. The van der Waals surface area contributed by atoms with Gasteiger partial charge in [0.05, 0.1) is 46.7 Å². The van der Waals surface area contributed by atoms with Gasteiger partial charge < -0.3 is 19.3 Å². The van der Waals surface area contributed by atoms with E-state index in [1.807, 2.05) is 51.1 Å². The third kappa shape index (κ3) is 15.8. The molecule has 4 aromatic rings. The summed E-state index contributed by atoms with van der Waals surface area (Å²) in [5.74, 6) is -2.29. The smallest absolute Gasteiger partial charge is 0.322 e. The number of carbonyl (C=O) groups is 2. The van der Waals surface area contributed by atoms with Crippen molar-refractivity contribution in [3.8, 4) is 0 Å². The average molecular weight is 989 g/mol. The largest absolute Gasteiger partial charge is 0.459 e. The molecule has 18 heteroatoms. The quantitative estimate of drug-likeness (QED) is 0.0679. The minimum absolute atomic E-state index is 0.0227. The second kappa shape index (κ2) is 22.8. The normalized spacial score (nSPS) is 19.4. The van der Waals surface area contributed by atoms with Crippen molar-refractivity contribution in [2.24, 2.45) is 5.41 Å². The van der Waals surface area contributed by atoms with Crippen LogP contribution in [0.1, 0.15) is 95.9 Å². The van der Waals surface area contributed by atoms with E-state index in [4.69, 9.17) is 26.8 Å². The zero-order valence-electron chi connectivity index (χ0n) is 39.6. The van der Waals surface area contributed by atoms with Crippen LogP contribution in [0.2, 0.25) is 0 Å². The van der Waals surface area contributed by atoms with Gasteiger partial charge in [0, 0.05) is 12.0 Å². The maximum Gasteiger partial charge on any atom is 0.322 e. The first-order valence-electron chi connectivity index (χ1n) is 21.8. The topological polar surface area (TPSA) is 212 Å². The van der Waals surface area contributed by atoms with E-state index in [0.29, 0.717) is 32.5 Å². The van der Waals surface area contributed by atoms with Gasteiger partial charge in [-0.3, -0.25) is 22.1 Å². The molecule has 0 spiro atoms. The zero-order valence-corrected chi connectivity index (χ0v) is 42.1. The fourth-order valence-electron chi connectivity index (χ4n) is 6.67. The summed E-state index contributed by atoms with van der Waals surface area (Å²) >= 11 is 0. The van der Waals surface area contributed by atoms with Crippen LogP contribution in [0.4, 0.5) is 0 Å². The predicted molar refractivity (Wildman–Crippen MR) is 250 cm³/mol. The van der Waals surface area contributed by atoms with Crippen molar-refractivity contribution in [1.82, 2.24) is 0 Å². The molecule has 1 heterocycles. The number of aryl methyl sites for hydroxylation is 3. The number of ketones is 1. The minimum Gasteiger partial charge on any atom is -0.459 e. The predicted octanol–water partition coefficient (Wildman–Crippen LogP) is 8.02. The SMILES string of the molecule is CC(=O)C(C)(COS(=O)(=O)c1ccc(C)cc1)C(=O)OC(C)(C)C.Cc1ccc(S(=O)(=O)OCCC2(c3ccccc3)OCCO2)cc1.Cc1ccc(S(=O)(=O)O[C@@H]2CCCC[C@]2(C)O)cc1. The standard InChI is InChI=1S/C18H20O5S.C17H24O6S.C14H20O4S/c1-15-7-9-17(10-8-15)24(19,20)23-12-11-18(21-13-14-22-18)16-5-3-2-4-6-16;1-12-7-9-14(10-8-12)24(20,21)22-11-17(6,13(2)18)15(19)23-16(3,4)5;1-11-6-8-12(9-7-11)19(16,17)18-13-5-3-4-10-14(13,2)15/h2-10H,11-14H2,1H3;7-10H,11H2,1-6H3;6-9,13,15H,3-5,10H2,1-2H3/t;;13-,14+/m..1/s1. The maximum absolute atomic E-state index is 12.3. The molecule has 1 saturated heterocycles. The Kier molecular flexibility index (Phi) is 18.8. The van der Waals surface area contributed by atoms with Gasteiger partial charge in [0.1, 0.15) is 22.9 Å². The Hall–Kier alpha value is -4.37. The van der Waals surface area contributed by atoms with E-state index in [1.54, 1.807) is 76.2 Å². The lowest BCUT2D eigenvalue weighted by Gasteiger charge is -2.35. The van der Waals surface area contributed by atoms with E-state index in [0.717, 1.165) is 35.1 Å². The van der Waals surface area contributed by atoms with Crippen LogP contribution in [-0.4, -0.2) is 85.8 Å². The number of rotatable bonds is 15. The number of carbonyl (C=O) groups excluding carboxylic acids is 2. The molecule has 1 saturated carbocycles. The number of aliphatic hydroxyl groups is 1. The first-order valence-corrected chi connectivity index (χ1v) is 26.1. The van der Waals surface area contributed by atoms with Crippen LogP contribution in [0, 0.1) is 26.2 Å². The average Bonchev–Trinajstić information content (AvgIpc) is 3.74. The fourth-order valence-corrected chi connectivity index (χ4v) is 9.77. The van der Waals surface area contributed by atoms with E-state index in [1.165, 1.54) is 38.1 Å². The van der Waals surface area contributed by atoms with Crippen molar-refractivity contribution in [2.75, 3.05) is 26.4 Å². The van der Waals surface area contributed by atoms with Gasteiger partial charge in [-0.1, -0.05) is 96.3 Å². The molecule has 2 fully saturated rings. The highest BCUT2D eigenvalue weighted by Crippen LogP contribution is 2.36. The van der Waals surface area contributed by atoms with Crippen molar-refractivity contribution in [2.45, 2.75) is 132 Å². The summed E-state index contributed by atoms with van der Waals surface area (Å²) in [4.78, 5) is 24.5. The third-order valence-electron chi connectivity index (χ3n) is 11.0. The summed E-state index contributed by atoms with van der Waals surface area (Å²) in [5.41, 5.74) is 0.161. The molecule has 1 N–H and O–H groups in total.